The van der Waals surface area contributed by atoms with Gasteiger partial charge in [-0.05, 0) is 87.9 Å². The fourth-order valence-electron chi connectivity index (χ4n) is 6.95. The van der Waals surface area contributed by atoms with Crippen molar-refractivity contribution in [1.29, 1.82) is 5.41 Å². The molecule has 2 saturated carbocycles. The second kappa shape index (κ2) is 9.76. The maximum absolute atomic E-state index is 13.7. The van der Waals surface area contributed by atoms with Gasteiger partial charge in [-0.15, -0.1) is 0 Å². The lowest BCUT2D eigenvalue weighted by molar-refractivity contribution is -0.138. The SMILES string of the molecule is CC(C)C1CCC(CN2C(C(=O)N3CCC(F)CC3)CC3CCC(C(=N)N)CC32)CC1. The third-order valence-electron chi connectivity index (χ3n) is 9.07. The average molecular weight is 435 g/mol. The van der Waals surface area contributed by atoms with Crippen LogP contribution < -0.4 is 5.73 Å². The van der Waals surface area contributed by atoms with E-state index in [1.807, 2.05) is 4.90 Å². The number of nitrogens with two attached hydrogens (primary N) is 1. The zero-order chi connectivity index (χ0) is 22.1. The van der Waals surface area contributed by atoms with Crippen LogP contribution in [0.1, 0.15) is 78.1 Å². The number of halogens is 1. The molecule has 0 aromatic rings. The average Bonchev–Trinajstić information content (AvgIpc) is 3.11. The molecule has 0 spiro atoms. The molecule has 2 aliphatic carbocycles. The van der Waals surface area contributed by atoms with Crippen LogP contribution in [-0.4, -0.2) is 59.4 Å². The van der Waals surface area contributed by atoms with E-state index in [0.29, 0.717) is 49.6 Å². The van der Waals surface area contributed by atoms with E-state index in [9.17, 15) is 9.18 Å². The van der Waals surface area contributed by atoms with Crippen molar-refractivity contribution in [3.05, 3.63) is 0 Å². The number of fused-ring (bicyclic) bond motifs is 1. The first kappa shape index (κ1) is 23.0. The first-order chi connectivity index (χ1) is 14.8. The van der Waals surface area contributed by atoms with E-state index in [1.54, 1.807) is 0 Å². The highest BCUT2D eigenvalue weighted by molar-refractivity contribution is 5.83. The number of amides is 1. The van der Waals surface area contributed by atoms with E-state index in [2.05, 4.69) is 18.7 Å². The molecule has 2 heterocycles. The largest absolute Gasteiger partial charge is 0.387 e. The molecule has 0 bridgehead atoms. The van der Waals surface area contributed by atoms with Gasteiger partial charge in [-0.2, -0.15) is 0 Å². The molecule has 6 heteroatoms. The molecule has 4 unspecified atom stereocenters. The van der Waals surface area contributed by atoms with Gasteiger partial charge in [0.2, 0.25) is 5.91 Å². The molecule has 0 aromatic carbocycles. The fourth-order valence-corrected chi connectivity index (χ4v) is 6.95. The predicted octanol–water partition coefficient (Wildman–Crippen LogP) is 4.20. The van der Waals surface area contributed by atoms with E-state index in [-0.39, 0.29) is 17.9 Å². The van der Waals surface area contributed by atoms with Crippen LogP contribution in [0.3, 0.4) is 0 Å². The topological polar surface area (TPSA) is 73.4 Å². The Bertz CT molecular complexity index is 639. The lowest BCUT2D eigenvalue weighted by Gasteiger charge is -2.41. The van der Waals surface area contributed by atoms with Crippen LogP contribution in [0.5, 0.6) is 0 Å². The number of nitrogens with zero attached hydrogens (tertiary/aromatic N) is 2. The van der Waals surface area contributed by atoms with Gasteiger partial charge in [-0.1, -0.05) is 13.8 Å². The number of nitrogens with one attached hydrogen (secondary N) is 1. The molecule has 176 valence electrons. The smallest absolute Gasteiger partial charge is 0.239 e. The van der Waals surface area contributed by atoms with E-state index in [4.69, 9.17) is 11.1 Å². The fraction of sp³-hybridized carbons (Fsp3) is 0.920. The molecule has 1 amide bonds. The van der Waals surface area contributed by atoms with Crippen molar-refractivity contribution in [1.82, 2.24) is 9.80 Å². The van der Waals surface area contributed by atoms with Crippen LogP contribution >= 0.6 is 0 Å². The monoisotopic (exact) mass is 434 g/mol. The highest BCUT2D eigenvalue weighted by atomic mass is 19.1. The minimum atomic E-state index is -0.751. The van der Waals surface area contributed by atoms with Crippen molar-refractivity contribution >= 4 is 11.7 Å². The van der Waals surface area contributed by atoms with Crippen molar-refractivity contribution in [2.75, 3.05) is 19.6 Å². The van der Waals surface area contributed by atoms with Gasteiger partial charge in [-0.25, -0.2) is 4.39 Å². The Morgan fingerprint density at radius 1 is 1.03 bits per heavy atom. The van der Waals surface area contributed by atoms with Gasteiger partial charge in [-0.3, -0.25) is 15.1 Å². The number of amidine groups is 1. The number of rotatable bonds is 5. The summed E-state index contributed by atoms with van der Waals surface area (Å²) in [5.41, 5.74) is 5.90. The van der Waals surface area contributed by atoms with E-state index in [0.717, 1.165) is 44.1 Å². The number of carbonyl (C=O) groups excluding carboxylic acids is 1. The van der Waals surface area contributed by atoms with Crippen LogP contribution in [0.4, 0.5) is 4.39 Å². The number of hydrogen-bond acceptors (Lipinski definition) is 3. The van der Waals surface area contributed by atoms with E-state index >= 15 is 0 Å². The summed E-state index contributed by atoms with van der Waals surface area (Å²) in [5.74, 6) is 3.52. The molecular weight excluding hydrogens is 391 g/mol. The molecule has 4 fully saturated rings. The Morgan fingerprint density at radius 3 is 2.32 bits per heavy atom. The summed E-state index contributed by atoms with van der Waals surface area (Å²) >= 11 is 0. The third kappa shape index (κ3) is 5.09. The minimum Gasteiger partial charge on any atom is -0.387 e. The Balaban J connectivity index is 1.47. The molecule has 4 atom stereocenters. The van der Waals surface area contributed by atoms with Crippen LogP contribution in [0.25, 0.3) is 0 Å². The predicted molar refractivity (Wildman–Crippen MR) is 123 cm³/mol. The normalized spacial score (nSPS) is 37.7. The number of alkyl halides is 1. The lowest BCUT2D eigenvalue weighted by Crippen LogP contribution is -2.52. The molecule has 0 radical (unpaired) electrons. The second-order valence-electron chi connectivity index (χ2n) is 11.3. The van der Waals surface area contributed by atoms with Gasteiger partial charge in [0.05, 0.1) is 11.9 Å². The van der Waals surface area contributed by atoms with Gasteiger partial charge >= 0.3 is 0 Å². The highest BCUT2D eigenvalue weighted by Gasteiger charge is 2.49. The van der Waals surface area contributed by atoms with Crippen LogP contribution in [-0.2, 0) is 4.79 Å². The Labute approximate surface area is 187 Å². The standard InChI is InChI=1S/C25H43FN4O/c1-16(2)18-5-3-17(4-6-18)15-30-22-14-20(24(27)28)8-7-19(22)13-23(30)25(31)29-11-9-21(26)10-12-29/h16-23H,3-15H2,1-2H3,(H3,27,28). The van der Waals surface area contributed by atoms with E-state index < -0.39 is 6.17 Å². The molecule has 2 aliphatic heterocycles. The first-order valence-corrected chi connectivity index (χ1v) is 12.9. The van der Waals surface area contributed by atoms with Crippen molar-refractivity contribution in [3.8, 4) is 0 Å². The van der Waals surface area contributed by atoms with Crippen molar-refractivity contribution < 1.29 is 9.18 Å². The quantitative estimate of drug-likeness (QED) is 0.503. The van der Waals surface area contributed by atoms with Crippen molar-refractivity contribution in [2.45, 2.75) is 96.3 Å². The summed E-state index contributed by atoms with van der Waals surface area (Å²) in [6.45, 7) is 6.82. The van der Waals surface area contributed by atoms with Crippen LogP contribution in [0.2, 0.25) is 0 Å². The maximum atomic E-state index is 13.7. The Kier molecular flexibility index (Phi) is 7.24. The van der Waals surface area contributed by atoms with Gasteiger partial charge in [0.25, 0.3) is 0 Å². The summed E-state index contributed by atoms with van der Waals surface area (Å²) in [6, 6.07) is 0.317. The zero-order valence-electron chi connectivity index (χ0n) is 19.6. The van der Waals surface area contributed by atoms with Crippen LogP contribution in [0, 0.1) is 35.0 Å². The summed E-state index contributed by atoms with van der Waals surface area (Å²) in [5, 5.41) is 7.98. The van der Waals surface area contributed by atoms with Gasteiger partial charge in [0, 0.05) is 31.6 Å². The van der Waals surface area contributed by atoms with Crippen LogP contribution in [0.15, 0.2) is 0 Å². The van der Waals surface area contributed by atoms with Gasteiger partial charge in [0.15, 0.2) is 0 Å². The molecule has 5 nitrogen and oxygen atoms in total. The summed E-state index contributed by atoms with van der Waals surface area (Å²) in [6.07, 6.45) is 9.28. The Morgan fingerprint density at radius 2 is 1.71 bits per heavy atom. The minimum absolute atomic E-state index is 0.0558. The molecule has 0 aromatic heterocycles. The molecule has 4 aliphatic rings. The van der Waals surface area contributed by atoms with E-state index in [1.165, 1.54) is 25.7 Å². The number of likely N-dealkylation sites (tertiary alicyclic amines) is 2. The maximum Gasteiger partial charge on any atom is 0.239 e. The number of piperidine rings is 1. The number of hydrogen-bond donors (Lipinski definition) is 2. The first-order valence-electron chi connectivity index (χ1n) is 12.9. The Hall–Kier alpha value is -1.17. The highest BCUT2D eigenvalue weighted by Crippen LogP contribution is 2.44. The van der Waals surface area contributed by atoms with Crippen molar-refractivity contribution in [3.63, 3.8) is 0 Å². The molecule has 2 saturated heterocycles. The number of carbonyl (C=O) groups is 1. The third-order valence-corrected chi connectivity index (χ3v) is 9.07. The summed E-state index contributed by atoms with van der Waals surface area (Å²) < 4.78 is 13.7. The summed E-state index contributed by atoms with van der Waals surface area (Å²) in [7, 11) is 0. The zero-order valence-corrected chi connectivity index (χ0v) is 19.6. The molecular formula is C25H43FN4O. The molecule has 3 N–H and O–H groups in total. The van der Waals surface area contributed by atoms with Gasteiger partial charge < -0.3 is 10.6 Å². The molecule has 31 heavy (non-hydrogen) atoms. The summed E-state index contributed by atoms with van der Waals surface area (Å²) in [4.78, 5) is 18.0. The molecule has 4 rings (SSSR count). The van der Waals surface area contributed by atoms with Crippen molar-refractivity contribution in [2.24, 2.45) is 35.3 Å². The van der Waals surface area contributed by atoms with Gasteiger partial charge in [0.1, 0.15) is 6.17 Å². The lowest BCUT2D eigenvalue weighted by atomic mass is 9.76. The second-order valence-corrected chi connectivity index (χ2v) is 11.3.